The zero-order valence-electron chi connectivity index (χ0n) is 13.9. The summed E-state index contributed by atoms with van der Waals surface area (Å²) >= 11 is 0. The Morgan fingerprint density at radius 1 is 1.22 bits per heavy atom. The predicted molar refractivity (Wildman–Crippen MR) is 86.1 cm³/mol. The number of carbonyl (C=O) groups is 1. The Labute approximate surface area is 135 Å². The van der Waals surface area contributed by atoms with Crippen LogP contribution in [0.4, 0.5) is 4.79 Å². The second kappa shape index (κ2) is 6.73. The Morgan fingerprint density at radius 3 is 2.35 bits per heavy atom. The van der Waals surface area contributed by atoms with E-state index in [0.29, 0.717) is 23.7 Å². The van der Waals surface area contributed by atoms with Gasteiger partial charge in [0.25, 0.3) is 0 Å². The number of imidazole rings is 1. The van der Waals surface area contributed by atoms with E-state index in [1.807, 2.05) is 20.8 Å². The third-order valence-electron chi connectivity index (χ3n) is 3.17. The van der Waals surface area contributed by atoms with Crippen molar-refractivity contribution in [1.29, 1.82) is 0 Å². The van der Waals surface area contributed by atoms with Gasteiger partial charge in [0.05, 0.1) is 12.8 Å². The fourth-order valence-electron chi connectivity index (χ4n) is 2.14. The van der Waals surface area contributed by atoms with Crippen molar-refractivity contribution in [3.05, 3.63) is 42.0 Å². The summed E-state index contributed by atoms with van der Waals surface area (Å²) < 4.78 is 11.9. The van der Waals surface area contributed by atoms with Crippen molar-refractivity contribution in [1.82, 2.24) is 9.55 Å². The molecule has 1 heterocycles. The quantitative estimate of drug-likeness (QED) is 0.912. The highest BCUT2D eigenvalue weighted by atomic mass is 16.5. The monoisotopic (exact) mass is 318 g/mol. The van der Waals surface area contributed by atoms with Crippen LogP contribution in [-0.4, -0.2) is 27.9 Å². The topological polar surface area (TPSA) is 73.6 Å². The van der Waals surface area contributed by atoms with Crippen molar-refractivity contribution < 1.29 is 19.4 Å². The molecule has 0 aliphatic carbocycles. The minimum atomic E-state index is -1.03. The summed E-state index contributed by atoms with van der Waals surface area (Å²) in [6, 6.07) is 7.19. The molecule has 124 valence electrons. The molecule has 1 aromatic carbocycles. The summed E-state index contributed by atoms with van der Waals surface area (Å²) in [4.78, 5) is 15.7. The molecular formula is C17H22N2O4. The number of aromatic nitrogens is 2. The number of benzene rings is 1. The van der Waals surface area contributed by atoms with Gasteiger partial charge in [-0.2, -0.15) is 0 Å². The van der Waals surface area contributed by atoms with E-state index in [1.54, 1.807) is 31.4 Å². The molecule has 0 saturated carbocycles. The molecule has 23 heavy (non-hydrogen) atoms. The molecule has 0 fully saturated rings. The van der Waals surface area contributed by atoms with Crippen LogP contribution in [0.15, 0.2) is 30.5 Å². The minimum Gasteiger partial charge on any atom is -0.497 e. The van der Waals surface area contributed by atoms with E-state index < -0.39 is 6.09 Å². The third kappa shape index (κ3) is 4.74. The largest absolute Gasteiger partial charge is 0.497 e. The molecule has 0 saturated heterocycles. The van der Waals surface area contributed by atoms with Crippen molar-refractivity contribution in [2.75, 3.05) is 7.11 Å². The summed E-state index contributed by atoms with van der Waals surface area (Å²) in [5, 5.41) is 9.29. The lowest BCUT2D eigenvalue weighted by atomic mass is 9.92. The number of ether oxygens (including phenoxy) is 2. The van der Waals surface area contributed by atoms with E-state index >= 15 is 0 Å². The molecule has 0 amide bonds. The van der Waals surface area contributed by atoms with Crippen LogP contribution in [0.1, 0.15) is 32.3 Å². The maximum Gasteiger partial charge on any atom is 0.417 e. The van der Waals surface area contributed by atoms with Crippen LogP contribution in [0.2, 0.25) is 0 Å². The van der Waals surface area contributed by atoms with Gasteiger partial charge in [0.15, 0.2) is 0 Å². The first-order chi connectivity index (χ1) is 10.8. The van der Waals surface area contributed by atoms with Gasteiger partial charge >= 0.3 is 6.09 Å². The molecule has 0 spiro atoms. The Balaban J connectivity index is 2.10. The summed E-state index contributed by atoms with van der Waals surface area (Å²) in [6.45, 7) is 6.34. The van der Waals surface area contributed by atoms with Gasteiger partial charge in [-0.1, -0.05) is 20.8 Å². The van der Waals surface area contributed by atoms with E-state index in [2.05, 4.69) is 4.98 Å². The zero-order valence-corrected chi connectivity index (χ0v) is 13.9. The summed E-state index contributed by atoms with van der Waals surface area (Å²) in [5.74, 6) is 1.95. The standard InChI is InChI=1S/C17H22N2O4/c1-17(2,3)9-15-18-12(10-19(15)16(20)21)11-23-14-7-5-13(22-4)6-8-14/h5-8,10H,9,11H2,1-4H3,(H,20,21). The van der Waals surface area contributed by atoms with E-state index in [4.69, 9.17) is 9.47 Å². The van der Waals surface area contributed by atoms with Crippen molar-refractivity contribution >= 4 is 6.09 Å². The molecule has 0 aliphatic rings. The first-order valence-electron chi connectivity index (χ1n) is 7.36. The molecule has 2 aromatic rings. The minimum absolute atomic E-state index is 0.0489. The van der Waals surface area contributed by atoms with Crippen molar-refractivity contribution in [2.45, 2.75) is 33.8 Å². The van der Waals surface area contributed by atoms with Crippen molar-refractivity contribution in [2.24, 2.45) is 5.41 Å². The van der Waals surface area contributed by atoms with Gasteiger partial charge < -0.3 is 14.6 Å². The molecule has 6 heteroatoms. The molecular weight excluding hydrogens is 296 g/mol. The molecule has 0 bridgehead atoms. The second-order valence-corrected chi connectivity index (χ2v) is 6.50. The van der Waals surface area contributed by atoms with E-state index in [1.165, 1.54) is 6.20 Å². The Hall–Kier alpha value is -2.50. The molecule has 0 unspecified atom stereocenters. The molecule has 1 N–H and O–H groups in total. The lowest BCUT2D eigenvalue weighted by Crippen LogP contribution is -2.17. The van der Waals surface area contributed by atoms with E-state index in [9.17, 15) is 9.90 Å². The first kappa shape index (κ1) is 16.9. The fourth-order valence-corrected chi connectivity index (χ4v) is 2.14. The second-order valence-electron chi connectivity index (χ2n) is 6.50. The number of rotatable bonds is 5. The maximum atomic E-state index is 11.3. The lowest BCUT2D eigenvalue weighted by Gasteiger charge is -2.17. The average molecular weight is 318 g/mol. The predicted octanol–water partition coefficient (Wildman–Crippen LogP) is 3.59. The molecule has 0 aliphatic heterocycles. The van der Waals surface area contributed by atoms with Crippen molar-refractivity contribution in [3.8, 4) is 11.5 Å². The average Bonchev–Trinajstić information content (AvgIpc) is 2.86. The van der Waals surface area contributed by atoms with Crippen LogP contribution in [0.3, 0.4) is 0 Å². The first-order valence-corrected chi connectivity index (χ1v) is 7.36. The van der Waals surface area contributed by atoms with Gasteiger partial charge in [-0.05, 0) is 29.7 Å². The van der Waals surface area contributed by atoms with Gasteiger partial charge in [-0.15, -0.1) is 0 Å². The summed E-state index contributed by atoms with van der Waals surface area (Å²) in [5.41, 5.74) is 0.537. The summed E-state index contributed by atoms with van der Waals surface area (Å²) in [7, 11) is 1.60. The number of nitrogens with zero attached hydrogens (tertiary/aromatic N) is 2. The van der Waals surface area contributed by atoms with Gasteiger partial charge in [-0.25, -0.2) is 14.3 Å². The fraction of sp³-hybridized carbons (Fsp3) is 0.412. The Bertz CT molecular complexity index is 669. The van der Waals surface area contributed by atoms with Crippen molar-refractivity contribution in [3.63, 3.8) is 0 Å². The lowest BCUT2D eigenvalue weighted by molar-refractivity contribution is 0.194. The van der Waals surface area contributed by atoms with Crippen LogP contribution in [0.25, 0.3) is 0 Å². The molecule has 0 radical (unpaired) electrons. The number of carboxylic acid groups (broad SMARTS) is 1. The van der Waals surface area contributed by atoms with E-state index in [-0.39, 0.29) is 12.0 Å². The molecule has 2 rings (SSSR count). The molecule has 6 nitrogen and oxygen atoms in total. The maximum absolute atomic E-state index is 11.3. The number of hydrogen-bond donors (Lipinski definition) is 1. The van der Waals surface area contributed by atoms with Gasteiger partial charge in [0.1, 0.15) is 23.9 Å². The van der Waals surface area contributed by atoms with Crippen LogP contribution >= 0.6 is 0 Å². The van der Waals surface area contributed by atoms with Crippen LogP contribution < -0.4 is 9.47 Å². The molecule has 1 aromatic heterocycles. The highest BCUT2D eigenvalue weighted by molar-refractivity contribution is 5.68. The highest BCUT2D eigenvalue weighted by Crippen LogP contribution is 2.21. The normalized spacial score (nSPS) is 11.3. The summed E-state index contributed by atoms with van der Waals surface area (Å²) in [6.07, 6.45) is 1.04. The number of methoxy groups -OCH3 is 1. The van der Waals surface area contributed by atoms with Crippen LogP contribution in [0, 0.1) is 5.41 Å². The zero-order chi connectivity index (χ0) is 17.0. The number of hydrogen-bond acceptors (Lipinski definition) is 4. The van der Waals surface area contributed by atoms with Gasteiger partial charge in [0.2, 0.25) is 0 Å². The third-order valence-corrected chi connectivity index (χ3v) is 3.17. The van der Waals surface area contributed by atoms with Crippen LogP contribution in [-0.2, 0) is 13.0 Å². The highest BCUT2D eigenvalue weighted by Gasteiger charge is 2.19. The SMILES string of the molecule is COc1ccc(OCc2cn(C(=O)O)c(CC(C)(C)C)n2)cc1. The van der Waals surface area contributed by atoms with Gasteiger partial charge in [-0.3, -0.25) is 0 Å². The van der Waals surface area contributed by atoms with E-state index in [0.717, 1.165) is 10.3 Å². The van der Waals surface area contributed by atoms with Gasteiger partial charge in [0, 0.05) is 12.6 Å². The van der Waals surface area contributed by atoms with Crippen LogP contribution in [0.5, 0.6) is 11.5 Å². The molecule has 0 atom stereocenters. The Morgan fingerprint density at radius 2 is 1.83 bits per heavy atom. The smallest absolute Gasteiger partial charge is 0.417 e. The Kier molecular flexibility index (Phi) is 4.93.